The van der Waals surface area contributed by atoms with Crippen LogP contribution in [0, 0.1) is 10.1 Å². The highest BCUT2D eigenvalue weighted by molar-refractivity contribution is 7.84. The summed E-state index contributed by atoms with van der Waals surface area (Å²) in [6, 6.07) is 4.02. The molecule has 0 saturated heterocycles. The average Bonchev–Trinajstić information content (AvgIpc) is 2.28. The van der Waals surface area contributed by atoms with Gasteiger partial charge in [0.2, 0.25) is 0 Å². The van der Waals surface area contributed by atoms with E-state index in [4.69, 9.17) is 5.73 Å². The van der Waals surface area contributed by atoms with Gasteiger partial charge in [0.1, 0.15) is 5.69 Å². The van der Waals surface area contributed by atoms with Crippen LogP contribution in [0.15, 0.2) is 18.2 Å². The van der Waals surface area contributed by atoms with Gasteiger partial charge in [0, 0.05) is 35.4 Å². The number of nitro benzene ring substituents is 1. The molecule has 1 rings (SSSR count). The van der Waals surface area contributed by atoms with Crippen molar-refractivity contribution in [3.05, 3.63) is 33.9 Å². The predicted octanol–water partition coefficient (Wildman–Crippen LogP) is 0.285. The third-order valence-electron chi connectivity index (χ3n) is 2.20. The number of nitrogens with two attached hydrogens (primary N) is 1. The molecule has 8 heteroatoms. The average molecular weight is 271 g/mol. The molecule has 3 N–H and O–H groups in total. The number of nitrogens with zero attached hydrogens (tertiary/aromatic N) is 1. The number of hydrogen-bond donors (Lipinski definition) is 2. The SMILES string of the molecule is CS(=O)CCNC(=O)c1cccc([N+](=O)[O-])c1N. The van der Waals surface area contributed by atoms with Crippen LogP contribution in [0.2, 0.25) is 0 Å². The Bertz CT molecular complexity index is 504. The van der Waals surface area contributed by atoms with Crippen molar-refractivity contribution in [1.82, 2.24) is 5.32 Å². The number of amides is 1. The standard InChI is InChI=1S/C10H13N3O4S/c1-18(17)6-5-12-10(14)7-3-2-4-8(9(7)11)13(15)16/h2-4H,5-6,11H2,1H3,(H,12,14). The minimum atomic E-state index is -1.01. The summed E-state index contributed by atoms with van der Waals surface area (Å²) in [6.45, 7) is 0.226. The fraction of sp³-hybridized carbons (Fsp3) is 0.300. The molecule has 7 nitrogen and oxygen atoms in total. The number of carbonyl (C=O) groups excluding carboxylic acids is 1. The van der Waals surface area contributed by atoms with E-state index in [1.807, 2.05) is 0 Å². The van der Waals surface area contributed by atoms with E-state index in [9.17, 15) is 19.1 Å². The molecule has 0 aliphatic rings. The zero-order valence-electron chi connectivity index (χ0n) is 9.71. The van der Waals surface area contributed by atoms with E-state index in [2.05, 4.69) is 5.32 Å². The fourth-order valence-corrected chi connectivity index (χ4v) is 1.70. The second-order valence-corrected chi connectivity index (χ2v) is 5.08. The maximum Gasteiger partial charge on any atom is 0.292 e. The van der Waals surface area contributed by atoms with Gasteiger partial charge in [-0.15, -0.1) is 0 Å². The van der Waals surface area contributed by atoms with E-state index in [0.717, 1.165) is 0 Å². The molecule has 0 bridgehead atoms. The van der Waals surface area contributed by atoms with Crippen molar-refractivity contribution in [2.45, 2.75) is 0 Å². The van der Waals surface area contributed by atoms with E-state index in [1.54, 1.807) is 0 Å². The first-order valence-corrected chi connectivity index (χ1v) is 6.77. The Balaban J connectivity index is 2.83. The summed E-state index contributed by atoms with van der Waals surface area (Å²) in [7, 11) is -1.01. The molecular formula is C10H13N3O4S. The highest BCUT2D eigenvalue weighted by Gasteiger charge is 2.18. The van der Waals surface area contributed by atoms with Crippen LogP contribution < -0.4 is 11.1 Å². The van der Waals surface area contributed by atoms with Gasteiger partial charge >= 0.3 is 0 Å². The molecule has 1 atom stereocenters. The third-order valence-corrected chi connectivity index (χ3v) is 2.98. The van der Waals surface area contributed by atoms with Gasteiger partial charge in [0.05, 0.1) is 10.5 Å². The molecule has 1 aromatic rings. The van der Waals surface area contributed by atoms with Crippen molar-refractivity contribution in [2.75, 3.05) is 24.3 Å². The number of benzene rings is 1. The number of rotatable bonds is 5. The highest BCUT2D eigenvalue weighted by atomic mass is 32.2. The fourth-order valence-electron chi connectivity index (χ4n) is 1.31. The van der Waals surface area contributed by atoms with E-state index >= 15 is 0 Å². The smallest absolute Gasteiger partial charge is 0.292 e. The normalized spacial score (nSPS) is 11.8. The van der Waals surface area contributed by atoms with Gasteiger partial charge in [-0.05, 0) is 6.07 Å². The zero-order chi connectivity index (χ0) is 13.7. The molecule has 0 fully saturated rings. The van der Waals surface area contributed by atoms with Crippen molar-refractivity contribution in [3.63, 3.8) is 0 Å². The topological polar surface area (TPSA) is 115 Å². The summed E-state index contributed by atoms with van der Waals surface area (Å²) >= 11 is 0. The van der Waals surface area contributed by atoms with Crippen molar-refractivity contribution in [2.24, 2.45) is 0 Å². The summed E-state index contributed by atoms with van der Waals surface area (Å²) < 4.78 is 10.8. The minimum absolute atomic E-state index is 0.0473. The lowest BCUT2D eigenvalue weighted by Gasteiger charge is -2.06. The molecule has 0 spiro atoms. The quantitative estimate of drug-likeness (QED) is 0.453. The first kappa shape index (κ1) is 14.1. The first-order valence-electron chi connectivity index (χ1n) is 5.04. The summed E-state index contributed by atoms with van der Waals surface area (Å²) in [5, 5.41) is 13.2. The molecule has 0 saturated carbocycles. The molecule has 1 amide bonds. The Hall–Kier alpha value is -1.96. The minimum Gasteiger partial charge on any atom is -0.393 e. The summed E-state index contributed by atoms with van der Waals surface area (Å²) in [5.41, 5.74) is 5.13. The van der Waals surface area contributed by atoms with Crippen LogP contribution in [-0.2, 0) is 10.8 Å². The van der Waals surface area contributed by atoms with Crippen LogP contribution in [0.1, 0.15) is 10.4 Å². The van der Waals surface area contributed by atoms with Crippen molar-refractivity contribution in [1.29, 1.82) is 0 Å². The van der Waals surface area contributed by atoms with Crippen LogP contribution in [-0.4, -0.2) is 33.6 Å². The number of nitrogen functional groups attached to an aromatic ring is 1. The Morgan fingerprint density at radius 2 is 2.22 bits per heavy atom. The lowest BCUT2D eigenvalue weighted by molar-refractivity contribution is -0.383. The molecule has 1 aromatic carbocycles. The Morgan fingerprint density at radius 3 is 2.78 bits per heavy atom. The number of hydrogen-bond acceptors (Lipinski definition) is 5. The number of anilines is 1. The van der Waals surface area contributed by atoms with Crippen LogP contribution in [0.5, 0.6) is 0 Å². The maximum atomic E-state index is 11.7. The summed E-state index contributed by atoms with van der Waals surface area (Å²) in [4.78, 5) is 21.7. The second-order valence-electron chi connectivity index (χ2n) is 3.53. The van der Waals surface area contributed by atoms with Gasteiger partial charge in [0.25, 0.3) is 11.6 Å². The predicted molar refractivity (Wildman–Crippen MR) is 68.8 cm³/mol. The zero-order valence-corrected chi connectivity index (χ0v) is 10.5. The molecule has 0 aliphatic carbocycles. The largest absolute Gasteiger partial charge is 0.393 e. The molecule has 98 valence electrons. The highest BCUT2D eigenvalue weighted by Crippen LogP contribution is 2.24. The molecule has 1 unspecified atom stereocenters. The van der Waals surface area contributed by atoms with Crippen LogP contribution >= 0.6 is 0 Å². The van der Waals surface area contributed by atoms with Crippen LogP contribution in [0.3, 0.4) is 0 Å². The van der Waals surface area contributed by atoms with E-state index in [1.165, 1.54) is 24.5 Å². The number of carbonyl (C=O) groups is 1. The van der Waals surface area contributed by atoms with Crippen LogP contribution in [0.4, 0.5) is 11.4 Å². The first-order chi connectivity index (χ1) is 8.43. The Labute approximate surface area is 106 Å². The Kier molecular flexibility index (Phi) is 4.78. The molecule has 0 radical (unpaired) electrons. The van der Waals surface area contributed by atoms with E-state index < -0.39 is 21.6 Å². The maximum absolute atomic E-state index is 11.7. The van der Waals surface area contributed by atoms with Gasteiger partial charge < -0.3 is 11.1 Å². The lowest BCUT2D eigenvalue weighted by atomic mass is 10.1. The van der Waals surface area contributed by atoms with Crippen molar-refractivity contribution in [3.8, 4) is 0 Å². The monoisotopic (exact) mass is 271 g/mol. The van der Waals surface area contributed by atoms with Gasteiger partial charge in [-0.25, -0.2) is 0 Å². The summed E-state index contributed by atoms with van der Waals surface area (Å²) in [6.07, 6.45) is 1.52. The third kappa shape index (κ3) is 3.52. The number of para-hydroxylation sites is 1. The van der Waals surface area contributed by atoms with E-state index in [-0.39, 0.29) is 23.5 Å². The van der Waals surface area contributed by atoms with Gasteiger partial charge in [0.15, 0.2) is 0 Å². The van der Waals surface area contributed by atoms with E-state index in [0.29, 0.717) is 5.75 Å². The van der Waals surface area contributed by atoms with Crippen molar-refractivity contribution >= 4 is 28.1 Å². The molecule has 0 aliphatic heterocycles. The molecular weight excluding hydrogens is 258 g/mol. The van der Waals surface area contributed by atoms with Crippen LogP contribution in [0.25, 0.3) is 0 Å². The molecule has 0 heterocycles. The molecule has 0 aromatic heterocycles. The Morgan fingerprint density at radius 1 is 1.56 bits per heavy atom. The second kappa shape index (κ2) is 6.10. The van der Waals surface area contributed by atoms with Gasteiger partial charge in [-0.1, -0.05) is 6.07 Å². The van der Waals surface area contributed by atoms with Crippen molar-refractivity contribution < 1.29 is 13.9 Å². The summed E-state index contributed by atoms with van der Waals surface area (Å²) in [5.74, 6) is -0.192. The number of nitrogens with one attached hydrogen (secondary N) is 1. The number of nitro groups is 1. The van der Waals surface area contributed by atoms with Gasteiger partial charge in [-0.3, -0.25) is 19.1 Å². The molecule has 18 heavy (non-hydrogen) atoms. The lowest BCUT2D eigenvalue weighted by Crippen LogP contribution is -2.28. The van der Waals surface area contributed by atoms with Gasteiger partial charge in [-0.2, -0.15) is 0 Å².